The Morgan fingerprint density at radius 2 is 2.00 bits per heavy atom. The van der Waals surface area contributed by atoms with Crippen molar-refractivity contribution in [3.63, 3.8) is 0 Å². The summed E-state index contributed by atoms with van der Waals surface area (Å²) in [6.07, 6.45) is 2.01. The highest BCUT2D eigenvalue weighted by Gasteiger charge is 2.10. The first-order chi connectivity index (χ1) is 13.2. The number of fused-ring (bicyclic) bond motifs is 1. The van der Waals surface area contributed by atoms with Gasteiger partial charge in [-0.1, -0.05) is 11.3 Å². The van der Waals surface area contributed by atoms with Gasteiger partial charge < -0.3 is 14.0 Å². The number of thiazole rings is 1. The Balaban J connectivity index is 2.03. The van der Waals surface area contributed by atoms with Gasteiger partial charge in [0.25, 0.3) is 5.91 Å². The average molecular weight is 403 g/mol. The van der Waals surface area contributed by atoms with Crippen molar-refractivity contribution in [2.75, 3.05) is 26.6 Å². The molecule has 27 heavy (non-hydrogen) atoms. The van der Waals surface area contributed by atoms with E-state index in [0.717, 1.165) is 20.9 Å². The Morgan fingerprint density at radius 3 is 2.67 bits per heavy atom. The number of amides is 1. The van der Waals surface area contributed by atoms with Gasteiger partial charge in [-0.3, -0.25) is 4.79 Å². The predicted molar refractivity (Wildman–Crippen MR) is 111 cm³/mol. The van der Waals surface area contributed by atoms with Gasteiger partial charge in [0.15, 0.2) is 4.80 Å². The van der Waals surface area contributed by atoms with Gasteiger partial charge >= 0.3 is 0 Å². The van der Waals surface area contributed by atoms with E-state index in [0.29, 0.717) is 30.1 Å². The zero-order chi connectivity index (χ0) is 19.2. The molecule has 0 aliphatic rings. The minimum atomic E-state index is -0.245. The van der Waals surface area contributed by atoms with Gasteiger partial charge in [-0.15, -0.1) is 11.8 Å². The number of ether oxygens (including phenoxy) is 2. The Bertz CT molecular complexity index is 991. The molecule has 142 valence electrons. The van der Waals surface area contributed by atoms with Crippen LogP contribution < -0.4 is 9.54 Å². The molecule has 0 aliphatic carbocycles. The third-order valence-corrected chi connectivity index (χ3v) is 5.80. The monoisotopic (exact) mass is 402 g/mol. The van der Waals surface area contributed by atoms with Gasteiger partial charge in [0, 0.05) is 24.1 Å². The Labute approximate surface area is 166 Å². The standard InChI is InChI=1S/C20H22N2O3S2/c1-4-25-15-7-10-17-18(13-15)27-20(22(17)11-12-24-2)21-19(23)14-5-8-16(26-3)9-6-14/h5-10,13H,4,11-12H2,1-3H3. The summed E-state index contributed by atoms with van der Waals surface area (Å²) in [6, 6.07) is 13.4. The van der Waals surface area contributed by atoms with Crippen LogP contribution in [0.4, 0.5) is 0 Å². The maximum absolute atomic E-state index is 12.6. The van der Waals surface area contributed by atoms with Crippen LogP contribution in [0.5, 0.6) is 5.75 Å². The summed E-state index contributed by atoms with van der Waals surface area (Å²) in [5.74, 6) is 0.570. The molecule has 0 saturated carbocycles. The fourth-order valence-corrected chi connectivity index (χ4v) is 4.17. The third-order valence-electron chi connectivity index (χ3n) is 4.02. The highest BCUT2D eigenvalue weighted by Crippen LogP contribution is 2.23. The lowest BCUT2D eigenvalue weighted by Crippen LogP contribution is -2.19. The molecule has 0 radical (unpaired) electrons. The zero-order valence-corrected chi connectivity index (χ0v) is 17.2. The van der Waals surface area contributed by atoms with Crippen molar-refractivity contribution in [3.8, 4) is 5.75 Å². The van der Waals surface area contributed by atoms with Crippen molar-refractivity contribution < 1.29 is 14.3 Å². The van der Waals surface area contributed by atoms with Crippen molar-refractivity contribution in [1.82, 2.24) is 4.57 Å². The molecule has 3 rings (SSSR count). The maximum Gasteiger partial charge on any atom is 0.279 e. The molecule has 0 unspecified atom stereocenters. The van der Waals surface area contributed by atoms with Crippen LogP contribution in [0.15, 0.2) is 52.4 Å². The van der Waals surface area contributed by atoms with Crippen molar-refractivity contribution >= 4 is 39.2 Å². The van der Waals surface area contributed by atoms with E-state index in [2.05, 4.69) is 4.99 Å². The first kappa shape index (κ1) is 19.7. The van der Waals surface area contributed by atoms with Gasteiger partial charge in [0.05, 0.1) is 23.4 Å². The fraction of sp³-hybridized carbons (Fsp3) is 0.300. The molecule has 3 aromatic rings. The zero-order valence-electron chi connectivity index (χ0n) is 15.6. The van der Waals surface area contributed by atoms with E-state index in [1.807, 2.05) is 60.2 Å². The molecule has 0 aliphatic heterocycles. The first-order valence-electron chi connectivity index (χ1n) is 8.64. The van der Waals surface area contributed by atoms with E-state index in [9.17, 15) is 4.79 Å². The minimum absolute atomic E-state index is 0.245. The minimum Gasteiger partial charge on any atom is -0.494 e. The van der Waals surface area contributed by atoms with Crippen LogP contribution in [0.25, 0.3) is 10.2 Å². The number of nitrogens with zero attached hydrogens (tertiary/aromatic N) is 2. The summed E-state index contributed by atoms with van der Waals surface area (Å²) in [5.41, 5.74) is 1.60. The average Bonchev–Trinajstić information content (AvgIpc) is 3.02. The lowest BCUT2D eigenvalue weighted by atomic mass is 10.2. The van der Waals surface area contributed by atoms with Crippen LogP contribution in [0, 0.1) is 0 Å². The first-order valence-corrected chi connectivity index (χ1v) is 10.7. The van der Waals surface area contributed by atoms with E-state index < -0.39 is 0 Å². The maximum atomic E-state index is 12.6. The number of benzene rings is 2. The number of hydrogen-bond acceptors (Lipinski definition) is 5. The molecule has 5 nitrogen and oxygen atoms in total. The quantitative estimate of drug-likeness (QED) is 0.556. The van der Waals surface area contributed by atoms with Gasteiger partial charge in [-0.25, -0.2) is 0 Å². The topological polar surface area (TPSA) is 52.8 Å². The summed E-state index contributed by atoms with van der Waals surface area (Å²) in [4.78, 5) is 18.8. The van der Waals surface area contributed by atoms with E-state index in [1.165, 1.54) is 11.3 Å². The number of hydrogen-bond donors (Lipinski definition) is 0. The highest BCUT2D eigenvalue weighted by atomic mass is 32.2. The second-order valence-electron chi connectivity index (χ2n) is 5.74. The fourth-order valence-electron chi connectivity index (χ4n) is 2.68. The van der Waals surface area contributed by atoms with Crippen LogP contribution in [0.1, 0.15) is 17.3 Å². The summed E-state index contributed by atoms with van der Waals surface area (Å²) in [7, 11) is 1.66. The van der Waals surface area contributed by atoms with Crippen molar-refractivity contribution in [3.05, 3.63) is 52.8 Å². The van der Waals surface area contributed by atoms with Crippen LogP contribution in [0.2, 0.25) is 0 Å². The van der Waals surface area contributed by atoms with E-state index in [4.69, 9.17) is 9.47 Å². The molecule has 0 N–H and O–H groups in total. The number of rotatable bonds is 7. The lowest BCUT2D eigenvalue weighted by molar-refractivity contribution is 0.0997. The van der Waals surface area contributed by atoms with Crippen LogP contribution in [-0.2, 0) is 11.3 Å². The van der Waals surface area contributed by atoms with E-state index in [1.54, 1.807) is 18.9 Å². The van der Waals surface area contributed by atoms with Crippen LogP contribution in [-0.4, -0.2) is 37.1 Å². The Hall–Kier alpha value is -2.09. The molecule has 0 atom stereocenters. The van der Waals surface area contributed by atoms with Crippen molar-refractivity contribution in [2.24, 2.45) is 4.99 Å². The van der Waals surface area contributed by atoms with Gasteiger partial charge in [-0.2, -0.15) is 4.99 Å². The molecular weight excluding hydrogens is 380 g/mol. The van der Waals surface area contributed by atoms with E-state index >= 15 is 0 Å². The normalized spacial score (nSPS) is 11.9. The van der Waals surface area contributed by atoms with Crippen molar-refractivity contribution in [2.45, 2.75) is 18.4 Å². The molecule has 1 aromatic heterocycles. The largest absolute Gasteiger partial charge is 0.494 e. The molecule has 0 spiro atoms. The van der Waals surface area contributed by atoms with Crippen LogP contribution in [0.3, 0.4) is 0 Å². The number of thioether (sulfide) groups is 1. The summed E-state index contributed by atoms with van der Waals surface area (Å²) >= 11 is 3.12. The van der Waals surface area contributed by atoms with Gasteiger partial charge in [0.1, 0.15) is 5.75 Å². The molecule has 1 amide bonds. The second-order valence-corrected chi connectivity index (χ2v) is 7.63. The smallest absolute Gasteiger partial charge is 0.279 e. The Morgan fingerprint density at radius 1 is 1.22 bits per heavy atom. The molecule has 0 bridgehead atoms. The molecule has 0 saturated heterocycles. The number of aromatic nitrogens is 1. The lowest BCUT2D eigenvalue weighted by Gasteiger charge is -2.06. The highest BCUT2D eigenvalue weighted by molar-refractivity contribution is 7.98. The predicted octanol–water partition coefficient (Wildman–Crippen LogP) is 4.21. The third kappa shape index (κ3) is 4.61. The van der Waals surface area contributed by atoms with Gasteiger partial charge in [-0.05, 0) is 55.6 Å². The van der Waals surface area contributed by atoms with Crippen LogP contribution >= 0.6 is 23.1 Å². The van der Waals surface area contributed by atoms with Gasteiger partial charge in [0.2, 0.25) is 0 Å². The summed E-state index contributed by atoms with van der Waals surface area (Å²) < 4.78 is 13.9. The number of carbonyl (C=O) groups excluding carboxylic acids is 1. The number of methoxy groups -OCH3 is 1. The molecule has 7 heteroatoms. The van der Waals surface area contributed by atoms with Crippen molar-refractivity contribution in [1.29, 1.82) is 0 Å². The summed E-state index contributed by atoms with van der Waals surface area (Å²) in [5, 5.41) is 0. The molecule has 2 aromatic carbocycles. The summed E-state index contributed by atoms with van der Waals surface area (Å²) in [6.45, 7) is 3.74. The van der Waals surface area contributed by atoms with E-state index in [-0.39, 0.29) is 5.91 Å². The number of carbonyl (C=O) groups is 1. The Kier molecular flexibility index (Phi) is 6.71. The molecule has 0 fully saturated rings. The molecular formula is C20H22N2O3S2. The second kappa shape index (κ2) is 9.21. The SMILES string of the molecule is CCOc1ccc2c(c1)sc(=NC(=O)c1ccc(SC)cc1)n2CCOC. The molecule has 1 heterocycles.